The van der Waals surface area contributed by atoms with Gasteiger partial charge in [-0.25, -0.2) is 0 Å². The molecule has 3 nitrogen and oxygen atoms in total. The minimum absolute atomic E-state index is 0.639. The molecule has 0 amide bonds. The number of hydrogen-bond acceptors (Lipinski definition) is 3. The van der Waals surface area contributed by atoms with Crippen LogP contribution in [0.5, 0.6) is 0 Å². The fourth-order valence-corrected chi connectivity index (χ4v) is 2.94. The lowest BCUT2D eigenvalue weighted by Crippen LogP contribution is -2.34. The molecule has 2 unspecified atom stereocenters. The largest absolute Gasteiger partial charge is 0.369 e. The van der Waals surface area contributed by atoms with Gasteiger partial charge in [0.25, 0.3) is 0 Å². The van der Waals surface area contributed by atoms with Crippen LogP contribution in [0.2, 0.25) is 0 Å². The number of anilines is 1. The molecule has 1 aliphatic heterocycles. The summed E-state index contributed by atoms with van der Waals surface area (Å²) in [5.41, 5.74) is 1.26. The standard InChI is InChI=1S/C12H18BrN3/c1-9-7-16(8-12(9)15(2)3)11-4-5-14-6-10(11)13/h4-6,9,12H,7-8H2,1-3H3. The van der Waals surface area contributed by atoms with Crippen LogP contribution in [-0.2, 0) is 0 Å². The first-order valence-corrected chi connectivity index (χ1v) is 6.39. The van der Waals surface area contributed by atoms with E-state index in [1.807, 2.05) is 12.4 Å². The van der Waals surface area contributed by atoms with Crippen LogP contribution in [0.3, 0.4) is 0 Å². The third-order valence-electron chi connectivity index (χ3n) is 3.33. The van der Waals surface area contributed by atoms with Crippen LogP contribution in [0.15, 0.2) is 22.9 Å². The highest BCUT2D eigenvalue weighted by molar-refractivity contribution is 9.10. The average molecular weight is 284 g/mol. The fraction of sp³-hybridized carbons (Fsp3) is 0.583. The third-order valence-corrected chi connectivity index (χ3v) is 3.94. The number of likely N-dealkylation sites (N-methyl/N-ethyl adjacent to an activating group) is 1. The predicted octanol–water partition coefficient (Wildman–Crippen LogP) is 2.23. The zero-order chi connectivity index (χ0) is 11.7. The highest BCUT2D eigenvalue weighted by Crippen LogP contribution is 2.30. The van der Waals surface area contributed by atoms with E-state index in [0.29, 0.717) is 12.0 Å². The summed E-state index contributed by atoms with van der Waals surface area (Å²) in [4.78, 5) is 8.86. The molecule has 1 aromatic heterocycles. The first-order chi connectivity index (χ1) is 7.59. The summed E-state index contributed by atoms with van der Waals surface area (Å²) < 4.78 is 1.08. The molecule has 1 aromatic rings. The molecular weight excluding hydrogens is 266 g/mol. The molecule has 0 spiro atoms. The van der Waals surface area contributed by atoms with Crippen molar-refractivity contribution in [3.63, 3.8) is 0 Å². The Kier molecular flexibility index (Phi) is 3.50. The molecule has 0 N–H and O–H groups in total. The van der Waals surface area contributed by atoms with Crippen molar-refractivity contribution in [3.05, 3.63) is 22.9 Å². The number of aromatic nitrogens is 1. The molecule has 2 rings (SSSR count). The van der Waals surface area contributed by atoms with Crippen molar-refractivity contribution in [1.82, 2.24) is 9.88 Å². The summed E-state index contributed by atoms with van der Waals surface area (Å²) in [5, 5.41) is 0. The fourth-order valence-electron chi connectivity index (χ4n) is 2.44. The van der Waals surface area contributed by atoms with Crippen molar-refractivity contribution in [3.8, 4) is 0 Å². The zero-order valence-corrected chi connectivity index (χ0v) is 11.6. The van der Waals surface area contributed by atoms with Crippen LogP contribution >= 0.6 is 15.9 Å². The van der Waals surface area contributed by atoms with Crippen LogP contribution in [0.1, 0.15) is 6.92 Å². The summed E-state index contributed by atoms with van der Waals surface area (Å²) in [5.74, 6) is 0.704. The summed E-state index contributed by atoms with van der Waals surface area (Å²) in [6, 6.07) is 2.72. The van der Waals surface area contributed by atoms with Crippen molar-refractivity contribution in [2.24, 2.45) is 5.92 Å². The van der Waals surface area contributed by atoms with Gasteiger partial charge < -0.3 is 9.80 Å². The van der Waals surface area contributed by atoms with E-state index in [0.717, 1.165) is 17.6 Å². The minimum atomic E-state index is 0.639. The number of hydrogen-bond donors (Lipinski definition) is 0. The van der Waals surface area contributed by atoms with Gasteiger partial charge in [-0.15, -0.1) is 0 Å². The van der Waals surface area contributed by atoms with E-state index in [2.05, 4.69) is 57.8 Å². The van der Waals surface area contributed by atoms with Crippen LogP contribution in [0.25, 0.3) is 0 Å². The molecular formula is C12H18BrN3. The highest BCUT2D eigenvalue weighted by atomic mass is 79.9. The van der Waals surface area contributed by atoms with E-state index in [-0.39, 0.29) is 0 Å². The van der Waals surface area contributed by atoms with Gasteiger partial charge in [0.2, 0.25) is 0 Å². The first-order valence-electron chi connectivity index (χ1n) is 5.60. The SMILES string of the molecule is CC1CN(c2ccncc2Br)CC1N(C)C. The van der Waals surface area contributed by atoms with Gasteiger partial charge in [-0.2, -0.15) is 0 Å². The second-order valence-corrected chi connectivity index (χ2v) is 5.59. The molecule has 0 bridgehead atoms. The molecule has 0 aliphatic carbocycles. The summed E-state index contributed by atoms with van der Waals surface area (Å²) >= 11 is 3.57. The Labute approximate surface area is 106 Å². The van der Waals surface area contributed by atoms with Gasteiger partial charge in [-0.1, -0.05) is 6.92 Å². The Bertz CT molecular complexity index is 367. The normalized spacial score (nSPS) is 25.4. The maximum Gasteiger partial charge on any atom is 0.0592 e. The highest BCUT2D eigenvalue weighted by Gasteiger charge is 2.31. The van der Waals surface area contributed by atoms with Gasteiger partial charge in [0.1, 0.15) is 0 Å². The minimum Gasteiger partial charge on any atom is -0.369 e. The molecule has 1 saturated heterocycles. The number of pyridine rings is 1. The van der Waals surface area contributed by atoms with Crippen molar-refractivity contribution < 1.29 is 0 Å². The Morgan fingerprint density at radius 3 is 2.75 bits per heavy atom. The number of rotatable bonds is 2. The van der Waals surface area contributed by atoms with Crippen LogP contribution in [-0.4, -0.2) is 43.1 Å². The van der Waals surface area contributed by atoms with E-state index in [1.165, 1.54) is 5.69 Å². The Morgan fingerprint density at radius 1 is 1.44 bits per heavy atom. The molecule has 88 valence electrons. The van der Waals surface area contributed by atoms with Gasteiger partial charge in [0.05, 0.1) is 10.2 Å². The number of halogens is 1. The predicted molar refractivity (Wildman–Crippen MR) is 70.8 cm³/mol. The van der Waals surface area contributed by atoms with E-state index >= 15 is 0 Å². The molecule has 4 heteroatoms. The van der Waals surface area contributed by atoms with Crippen molar-refractivity contribution >= 4 is 21.6 Å². The van der Waals surface area contributed by atoms with E-state index in [1.54, 1.807) is 0 Å². The maximum atomic E-state index is 4.11. The topological polar surface area (TPSA) is 19.4 Å². The molecule has 2 heterocycles. The Morgan fingerprint density at radius 2 is 2.19 bits per heavy atom. The van der Waals surface area contributed by atoms with Crippen LogP contribution in [0, 0.1) is 5.92 Å². The lowest BCUT2D eigenvalue weighted by molar-refractivity contribution is 0.266. The van der Waals surface area contributed by atoms with E-state index in [9.17, 15) is 0 Å². The first kappa shape index (κ1) is 11.9. The lowest BCUT2D eigenvalue weighted by Gasteiger charge is -2.23. The zero-order valence-electron chi connectivity index (χ0n) is 10.0. The van der Waals surface area contributed by atoms with Gasteiger partial charge in [0, 0.05) is 31.5 Å². The Balaban J connectivity index is 2.17. The second kappa shape index (κ2) is 4.72. The molecule has 0 radical (unpaired) electrons. The molecule has 0 saturated carbocycles. The molecule has 1 fully saturated rings. The van der Waals surface area contributed by atoms with Crippen molar-refractivity contribution in [2.45, 2.75) is 13.0 Å². The molecule has 16 heavy (non-hydrogen) atoms. The summed E-state index contributed by atoms with van der Waals surface area (Å²) in [7, 11) is 4.32. The average Bonchev–Trinajstić information content (AvgIpc) is 2.61. The summed E-state index contributed by atoms with van der Waals surface area (Å²) in [6.45, 7) is 4.53. The van der Waals surface area contributed by atoms with Crippen LogP contribution < -0.4 is 4.90 Å². The lowest BCUT2D eigenvalue weighted by atomic mass is 10.1. The van der Waals surface area contributed by atoms with Gasteiger partial charge in [-0.3, -0.25) is 4.98 Å². The summed E-state index contributed by atoms with van der Waals surface area (Å²) in [6.07, 6.45) is 3.72. The molecule has 2 atom stereocenters. The van der Waals surface area contributed by atoms with Gasteiger partial charge in [0.15, 0.2) is 0 Å². The monoisotopic (exact) mass is 283 g/mol. The number of nitrogens with zero attached hydrogens (tertiary/aromatic N) is 3. The van der Waals surface area contributed by atoms with E-state index < -0.39 is 0 Å². The smallest absolute Gasteiger partial charge is 0.0592 e. The van der Waals surface area contributed by atoms with Crippen molar-refractivity contribution in [2.75, 3.05) is 32.1 Å². The van der Waals surface area contributed by atoms with E-state index in [4.69, 9.17) is 0 Å². The van der Waals surface area contributed by atoms with Gasteiger partial charge >= 0.3 is 0 Å². The van der Waals surface area contributed by atoms with Crippen molar-refractivity contribution in [1.29, 1.82) is 0 Å². The molecule has 0 aromatic carbocycles. The third kappa shape index (κ3) is 2.23. The quantitative estimate of drug-likeness (QED) is 0.830. The maximum absolute atomic E-state index is 4.11. The van der Waals surface area contributed by atoms with Gasteiger partial charge in [-0.05, 0) is 42.0 Å². The second-order valence-electron chi connectivity index (χ2n) is 4.74. The Hall–Kier alpha value is -0.610. The van der Waals surface area contributed by atoms with Crippen LogP contribution in [0.4, 0.5) is 5.69 Å². The molecule has 1 aliphatic rings.